The van der Waals surface area contributed by atoms with Crippen LogP contribution in [0.25, 0.3) is 44.4 Å². The highest BCUT2D eigenvalue weighted by molar-refractivity contribution is 5.98. The highest BCUT2D eigenvalue weighted by Crippen LogP contribution is 2.37. The summed E-state index contributed by atoms with van der Waals surface area (Å²) in [5.41, 5.74) is 10.1. The van der Waals surface area contributed by atoms with Crippen molar-refractivity contribution < 1.29 is 8.81 Å². The number of rotatable bonds is 5. The first-order valence-corrected chi connectivity index (χ1v) is 12.4. The van der Waals surface area contributed by atoms with Crippen LogP contribution in [0.4, 0.5) is 15.9 Å². The van der Waals surface area contributed by atoms with Crippen LogP contribution >= 0.6 is 0 Å². The number of hydrogen-bond acceptors (Lipinski definition) is 7. The van der Waals surface area contributed by atoms with E-state index in [1.807, 2.05) is 50.2 Å². The standard InChI is InChI=1S/C30H25FN6O2/c1-17(28-24(18-8-6-10-20(31)14-18)27(38)22-12-4-5-13-23(22)39-28)37-30-25(29(32)33-16-34-30)26(35-37)19-9-7-11-21(15-19)36(2)3/h4-17H,1-3H3,(H2,32,33,34). The highest BCUT2D eigenvalue weighted by Gasteiger charge is 2.27. The molecule has 0 bridgehead atoms. The van der Waals surface area contributed by atoms with Crippen molar-refractivity contribution in [1.29, 1.82) is 0 Å². The van der Waals surface area contributed by atoms with Gasteiger partial charge in [0.2, 0.25) is 5.43 Å². The first kappa shape index (κ1) is 24.3. The predicted octanol–water partition coefficient (Wildman–Crippen LogP) is 5.66. The predicted molar refractivity (Wildman–Crippen MR) is 151 cm³/mol. The number of nitrogen functional groups attached to an aromatic ring is 1. The molecule has 0 aliphatic rings. The Morgan fingerprint density at radius 2 is 1.74 bits per heavy atom. The second-order valence-electron chi connectivity index (χ2n) is 9.55. The van der Waals surface area contributed by atoms with E-state index in [0.29, 0.717) is 39.0 Å². The van der Waals surface area contributed by atoms with E-state index >= 15 is 0 Å². The van der Waals surface area contributed by atoms with Gasteiger partial charge in [-0.3, -0.25) is 4.79 Å². The lowest BCUT2D eigenvalue weighted by Gasteiger charge is -2.17. The fraction of sp³-hybridized carbons (Fsp3) is 0.133. The third kappa shape index (κ3) is 4.08. The van der Waals surface area contributed by atoms with Crippen molar-refractivity contribution in [2.75, 3.05) is 24.7 Å². The van der Waals surface area contributed by atoms with Crippen LogP contribution < -0.4 is 16.1 Å². The molecule has 8 nitrogen and oxygen atoms in total. The summed E-state index contributed by atoms with van der Waals surface area (Å²) in [5, 5.41) is 5.94. The van der Waals surface area contributed by atoms with Gasteiger partial charge >= 0.3 is 0 Å². The van der Waals surface area contributed by atoms with Crippen LogP contribution in [0.5, 0.6) is 0 Å². The smallest absolute Gasteiger partial charge is 0.200 e. The van der Waals surface area contributed by atoms with Crippen LogP contribution in [-0.2, 0) is 0 Å². The molecular formula is C30H25FN6O2. The minimum absolute atomic E-state index is 0.256. The lowest BCUT2D eigenvalue weighted by Crippen LogP contribution is -2.16. The first-order chi connectivity index (χ1) is 18.8. The molecule has 0 saturated carbocycles. The number of halogens is 1. The number of aromatic nitrogens is 4. The molecule has 0 aliphatic heterocycles. The summed E-state index contributed by atoms with van der Waals surface area (Å²) in [4.78, 5) is 24.5. The first-order valence-electron chi connectivity index (χ1n) is 12.4. The molecular weight excluding hydrogens is 495 g/mol. The van der Waals surface area contributed by atoms with E-state index in [1.54, 1.807) is 41.1 Å². The van der Waals surface area contributed by atoms with Crippen LogP contribution in [0.15, 0.2) is 88.3 Å². The quantitative estimate of drug-likeness (QED) is 0.313. The molecule has 9 heteroatoms. The van der Waals surface area contributed by atoms with Gasteiger partial charge in [-0.2, -0.15) is 5.10 Å². The van der Waals surface area contributed by atoms with E-state index in [9.17, 15) is 9.18 Å². The molecule has 0 amide bonds. The number of hydrogen-bond donors (Lipinski definition) is 1. The van der Waals surface area contributed by atoms with E-state index in [4.69, 9.17) is 15.2 Å². The maximum atomic E-state index is 14.3. The van der Waals surface area contributed by atoms with Crippen LogP contribution in [-0.4, -0.2) is 33.8 Å². The maximum Gasteiger partial charge on any atom is 0.200 e. The Morgan fingerprint density at radius 1 is 0.974 bits per heavy atom. The van der Waals surface area contributed by atoms with Gasteiger partial charge in [0, 0.05) is 25.3 Å². The van der Waals surface area contributed by atoms with E-state index in [2.05, 4.69) is 9.97 Å². The fourth-order valence-electron chi connectivity index (χ4n) is 4.88. The largest absolute Gasteiger partial charge is 0.458 e. The van der Waals surface area contributed by atoms with Crippen LogP contribution in [0, 0.1) is 5.82 Å². The minimum atomic E-state index is -0.608. The van der Waals surface area contributed by atoms with E-state index in [0.717, 1.165) is 11.3 Å². The van der Waals surface area contributed by atoms with Crippen molar-refractivity contribution in [3.63, 3.8) is 0 Å². The van der Waals surface area contributed by atoms with Gasteiger partial charge in [0.1, 0.15) is 41.0 Å². The molecule has 6 rings (SSSR count). The Morgan fingerprint density at radius 3 is 2.54 bits per heavy atom. The van der Waals surface area contributed by atoms with Gasteiger partial charge in [0.15, 0.2) is 5.65 Å². The zero-order chi connectivity index (χ0) is 27.3. The third-order valence-electron chi connectivity index (χ3n) is 6.84. The normalized spacial score (nSPS) is 12.2. The average Bonchev–Trinajstić information content (AvgIpc) is 3.34. The van der Waals surface area contributed by atoms with E-state index in [-0.39, 0.29) is 16.8 Å². The molecule has 1 unspecified atom stereocenters. The van der Waals surface area contributed by atoms with Gasteiger partial charge in [0.25, 0.3) is 0 Å². The fourth-order valence-corrected chi connectivity index (χ4v) is 4.88. The van der Waals surface area contributed by atoms with Gasteiger partial charge in [-0.15, -0.1) is 0 Å². The second-order valence-corrected chi connectivity index (χ2v) is 9.55. The molecule has 6 aromatic rings. The Labute approximate surface area is 223 Å². The molecule has 0 spiro atoms. The maximum absolute atomic E-state index is 14.3. The number of fused-ring (bicyclic) bond motifs is 2. The van der Waals surface area contributed by atoms with Crippen molar-refractivity contribution >= 4 is 33.5 Å². The topological polar surface area (TPSA) is 103 Å². The van der Waals surface area contributed by atoms with Gasteiger partial charge in [-0.1, -0.05) is 36.4 Å². The van der Waals surface area contributed by atoms with Gasteiger partial charge in [0.05, 0.1) is 16.3 Å². The Kier molecular flexibility index (Phi) is 5.83. The molecule has 3 aromatic carbocycles. The highest BCUT2D eigenvalue weighted by atomic mass is 19.1. The van der Waals surface area contributed by atoms with E-state index < -0.39 is 11.9 Å². The summed E-state index contributed by atoms with van der Waals surface area (Å²) in [6, 6.07) is 20.2. The molecule has 2 N–H and O–H groups in total. The molecule has 3 heterocycles. The van der Waals surface area contributed by atoms with Crippen molar-refractivity contribution in [2.45, 2.75) is 13.0 Å². The third-order valence-corrected chi connectivity index (χ3v) is 6.84. The van der Waals surface area contributed by atoms with Crippen LogP contribution in [0.3, 0.4) is 0 Å². The monoisotopic (exact) mass is 520 g/mol. The molecule has 0 radical (unpaired) electrons. The van der Waals surface area contributed by atoms with Crippen LogP contribution in [0.2, 0.25) is 0 Å². The lowest BCUT2D eigenvalue weighted by molar-refractivity contribution is 0.446. The second kappa shape index (κ2) is 9.36. The number of nitrogens with zero attached hydrogens (tertiary/aromatic N) is 5. The van der Waals surface area contributed by atoms with Gasteiger partial charge in [-0.05, 0) is 48.9 Å². The van der Waals surface area contributed by atoms with Crippen molar-refractivity contribution in [2.24, 2.45) is 0 Å². The van der Waals surface area contributed by atoms with Crippen molar-refractivity contribution in [1.82, 2.24) is 19.7 Å². The summed E-state index contributed by atoms with van der Waals surface area (Å²) < 4.78 is 22.3. The van der Waals surface area contributed by atoms with Crippen molar-refractivity contribution in [3.05, 3.63) is 101 Å². The van der Waals surface area contributed by atoms with Gasteiger partial charge < -0.3 is 15.1 Å². The molecule has 3 aromatic heterocycles. The zero-order valence-corrected chi connectivity index (χ0v) is 21.6. The average molecular weight is 521 g/mol. The summed E-state index contributed by atoms with van der Waals surface area (Å²) in [6.07, 6.45) is 1.38. The summed E-state index contributed by atoms with van der Waals surface area (Å²) in [5.74, 6) is 0.167. The molecule has 39 heavy (non-hydrogen) atoms. The number of nitrogens with two attached hydrogens (primary N) is 1. The van der Waals surface area contributed by atoms with Crippen molar-refractivity contribution in [3.8, 4) is 22.4 Å². The molecule has 1 atom stereocenters. The molecule has 194 valence electrons. The summed E-state index contributed by atoms with van der Waals surface area (Å²) in [6.45, 7) is 1.86. The minimum Gasteiger partial charge on any atom is -0.458 e. The zero-order valence-electron chi connectivity index (χ0n) is 21.6. The Hall–Kier alpha value is -5.05. The molecule has 0 aliphatic carbocycles. The summed E-state index contributed by atoms with van der Waals surface area (Å²) >= 11 is 0. The number of benzene rings is 3. The number of para-hydroxylation sites is 1. The Balaban J connectivity index is 1.63. The number of anilines is 2. The SMILES string of the molecule is CC(c1oc2ccccc2c(=O)c1-c1cccc(F)c1)n1nc(-c2cccc(N(C)C)c2)c2c(N)ncnc21. The van der Waals surface area contributed by atoms with Gasteiger partial charge in [-0.25, -0.2) is 19.0 Å². The molecule has 0 saturated heterocycles. The van der Waals surface area contributed by atoms with E-state index in [1.165, 1.54) is 18.5 Å². The Bertz CT molecular complexity index is 1930. The van der Waals surface area contributed by atoms with Crippen LogP contribution in [0.1, 0.15) is 18.7 Å². The molecule has 0 fully saturated rings. The summed E-state index contributed by atoms with van der Waals surface area (Å²) in [7, 11) is 3.93. The lowest BCUT2D eigenvalue weighted by atomic mass is 9.99.